The second-order valence-electron chi connectivity index (χ2n) is 10.9. The third kappa shape index (κ3) is 7.75. The van der Waals surface area contributed by atoms with Crippen LogP contribution in [0, 0.1) is 13.8 Å². The van der Waals surface area contributed by atoms with Gasteiger partial charge in [0.05, 0.1) is 11.6 Å². The molecule has 228 valence electrons. The first-order chi connectivity index (χ1) is 20.6. The number of carbonyl (C=O) groups excluding carboxylic acids is 3. The van der Waals surface area contributed by atoms with Gasteiger partial charge in [-0.25, -0.2) is 0 Å². The van der Waals surface area contributed by atoms with E-state index in [0.29, 0.717) is 53.2 Å². The Bertz CT molecular complexity index is 1520. The molecule has 4 N–H and O–H groups in total. The molecule has 1 aliphatic rings. The van der Waals surface area contributed by atoms with E-state index in [0.717, 1.165) is 47.7 Å². The molecule has 3 aromatic rings. The fourth-order valence-corrected chi connectivity index (χ4v) is 5.76. The van der Waals surface area contributed by atoms with Crippen LogP contribution in [-0.4, -0.2) is 53.8 Å². The summed E-state index contributed by atoms with van der Waals surface area (Å²) in [4.78, 5) is 44.4. The molecule has 0 fully saturated rings. The van der Waals surface area contributed by atoms with Crippen molar-refractivity contribution >= 4 is 46.7 Å². The Kier molecular flexibility index (Phi) is 10.8. The Balaban J connectivity index is 1.48. The molecule has 1 unspecified atom stereocenters. The number of rotatable bonds is 13. The lowest BCUT2D eigenvalue weighted by Gasteiger charge is -2.18. The average molecular weight is 604 g/mol. The van der Waals surface area contributed by atoms with Gasteiger partial charge < -0.3 is 25.8 Å². The van der Waals surface area contributed by atoms with Gasteiger partial charge in [0, 0.05) is 52.7 Å². The van der Waals surface area contributed by atoms with E-state index in [4.69, 9.17) is 11.6 Å². The zero-order valence-corrected chi connectivity index (χ0v) is 26.5. The maximum Gasteiger partial charge on any atom is 0.256 e. The summed E-state index contributed by atoms with van der Waals surface area (Å²) >= 11 is 6.17. The molecule has 0 spiro atoms. The number of nitrogens with one attached hydrogen (secondary N) is 4. The highest BCUT2D eigenvalue weighted by Crippen LogP contribution is 2.35. The van der Waals surface area contributed by atoms with Gasteiger partial charge in [0.15, 0.2) is 0 Å². The van der Waals surface area contributed by atoms with Gasteiger partial charge in [0.25, 0.3) is 11.8 Å². The summed E-state index contributed by atoms with van der Waals surface area (Å²) in [6.45, 7) is 13.6. The number of amides is 3. The summed E-state index contributed by atoms with van der Waals surface area (Å²) in [5.41, 5.74) is 7.09. The molecule has 0 bridgehead atoms. The van der Waals surface area contributed by atoms with Crippen LogP contribution < -0.4 is 16.0 Å². The van der Waals surface area contributed by atoms with Gasteiger partial charge in [-0.3, -0.25) is 14.4 Å². The number of H-pyrrole nitrogens is 1. The number of likely N-dealkylation sites (N-methyl/N-ethyl adjacent to an activating group) is 1. The molecule has 1 atom stereocenters. The molecular formula is C34H42ClN5O3. The van der Waals surface area contributed by atoms with Gasteiger partial charge in [0.2, 0.25) is 5.91 Å². The fraction of sp³-hybridized carbons (Fsp3) is 0.382. The molecular weight excluding hydrogens is 562 g/mol. The quantitative estimate of drug-likeness (QED) is 0.178. The van der Waals surface area contributed by atoms with Crippen molar-refractivity contribution < 1.29 is 14.4 Å². The van der Waals surface area contributed by atoms with Crippen molar-refractivity contribution in [3.8, 4) is 0 Å². The van der Waals surface area contributed by atoms with E-state index in [9.17, 15) is 14.4 Å². The van der Waals surface area contributed by atoms with Crippen LogP contribution in [0.15, 0.2) is 42.5 Å². The minimum absolute atomic E-state index is 0.0302. The molecule has 0 saturated heterocycles. The molecule has 43 heavy (non-hydrogen) atoms. The van der Waals surface area contributed by atoms with E-state index in [1.807, 2.05) is 45.0 Å². The Morgan fingerprint density at radius 2 is 1.84 bits per heavy atom. The number of hydrogen-bond acceptors (Lipinski definition) is 4. The van der Waals surface area contributed by atoms with E-state index in [-0.39, 0.29) is 23.8 Å². The smallest absolute Gasteiger partial charge is 0.256 e. The maximum atomic E-state index is 13.3. The minimum Gasteiger partial charge on any atom is -0.359 e. The maximum absolute atomic E-state index is 13.3. The molecule has 2 aromatic carbocycles. The Morgan fingerprint density at radius 1 is 1.07 bits per heavy atom. The van der Waals surface area contributed by atoms with Crippen molar-refractivity contribution in [2.75, 3.05) is 31.5 Å². The number of aromatic nitrogens is 1. The largest absolute Gasteiger partial charge is 0.359 e. The molecule has 1 aromatic heterocycles. The number of anilines is 1. The molecule has 1 aliphatic heterocycles. The second-order valence-corrected chi connectivity index (χ2v) is 11.3. The lowest BCUT2D eigenvalue weighted by Crippen LogP contribution is -2.34. The Morgan fingerprint density at radius 3 is 2.53 bits per heavy atom. The summed E-state index contributed by atoms with van der Waals surface area (Å²) in [5.74, 6) is -0.417. The summed E-state index contributed by atoms with van der Waals surface area (Å²) in [5, 5.41) is 9.65. The molecule has 0 aliphatic carbocycles. The number of fused-ring (bicyclic) bond motifs is 1. The van der Waals surface area contributed by atoms with Gasteiger partial charge in [-0.15, -0.1) is 0 Å². The van der Waals surface area contributed by atoms with E-state index < -0.39 is 0 Å². The number of aromatic amines is 1. The Hall–Kier alpha value is -3.88. The van der Waals surface area contributed by atoms with E-state index in [2.05, 4.69) is 39.7 Å². The highest BCUT2D eigenvalue weighted by Gasteiger charge is 2.27. The molecule has 2 heterocycles. The SMILES string of the molecule is CCC(NC(=O)c1ccc2c(c1)C(=Cc1[nH]c(C)c(CCC(=O)NCCN(CC)CC)c1C)C(=O)N2)c1cccc(Cl)c1. The number of nitrogens with zero attached hydrogens (tertiary/aromatic N) is 1. The fourth-order valence-electron chi connectivity index (χ4n) is 5.56. The third-order valence-corrected chi connectivity index (χ3v) is 8.43. The molecule has 9 heteroatoms. The first-order valence-electron chi connectivity index (χ1n) is 15.1. The van der Waals surface area contributed by atoms with E-state index >= 15 is 0 Å². The zero-order valence-electron chi connectivity index (χ0n) is 25.7. The van der Waals surface area contributed by atoms with Gasteiger partial charge in [0.1, 0.15) is 0 Å². The van der Waals surface area contributed by atoms with Crippen LogP contribution in [0.4, 0.5) is 5.69 Å². The summed E-state index contributed by atoms with van der Waals surface area (Å²) in [7, 11) is 0. The number of hydrogen-bond donors (Lipinski definition) is 4. The zero-order chi connectivity index (χ0) is 31.1. The monoisotopic (exact) mass is 603 g/mol. The van der Waals surface area contributed by atoms with E-state index in [1.165, 1.54) is 0 Å². The number of benzene rings is 2. The topological polar surface area (TPSA) is 106 Å². The third-order valence-electron chi connectivity index (χ3n) is 8.20. The second kappa shape index (κ2) is 14.5. The van der Waals surface area contributed by atoms with Gasteiger partial charge in [-0.2, -0.15) is 0 Å². The van der Waals surface area contributed by atoms with Crippen LogP contribution in [0.3, 0.4) is 0 Å². The summed E-state index contributed by atoms with van der Waals surface area (Å²) in [6.07, 6.45) is 3.53. The number of halogens is 1. The van der Waals surface area contributed by atoms with Gasteiger partial charge >= 0.3 is 0 Å². The molecule has 4 rings (SSSR count). The summed E-state index contributed by atoms with van der Waals surface area (Å²) < 4.78 is 0. The van der Waals surface area contributed by atoms with Crippen LogP contribution in [0.2, 0.25) is 5.02 Å². The van der Waals surface area contributed by atoms with Crippen molar-refractivity contribution in [1.82, 2.24) is 20.5 Å². The van der Waals surface area contributed by atoms with Crippen LogP contribution >= 0.6 is 11.6 Å². The van der Waals surface area contributed by atoms with Crippen LogP contribution in [0.5, 0.6) is 0 Å². The van der Waals surface area contributed by atoms with Crippen LogP contribution in [0.25, 0.3) is 11.6 Å². The van der Waals surface area contributed by atoms with Crippen molar-refractivity contribution in [1.29, 1.82) is 0 Å². The van der Waals surface area contributed by atoms with Gasteiger partial charge in [-0.05, 0) is 92.9 Å². The predicted molar refractivity (Wildman–Crippen MR) is 174 cm³/mol. The first-order valence-corrected chi connectivity index (χ1v) is 15.4. The normalized spacial score (nSPS) is 14.1. The molecule has 3 amide bonds. The molecule has 8 nitrogen and oxygen atoms in total. The van der Waals surface area contributed by atoms with Crippen molar-refractivity contribution in [2.24, 2.45) is 0 Å². The van der Waals surface area contributed by atoms with E-state index in [1.54, 1.807) is 24.3 Å². The standard InChI is InChI=1S/C34H42ClN5O3/c1-6-29(23-10-9-11-25(35)18-23)38-33(42)24-12-14-30-27(19-24)28(34(43)39-30)20-31-21(4)26(22(5)37-31)13-15-32(41)36-16-17-40(7-2)8-3/h9-12,14,18-20,29,37H,6-8,13,15-17H2,1-5H3,(H,36,41)(H,38,42)(H,39,43). The van der Waals surface area contributed by atoms with Gasteiger partial charge in [-0.1, -0.05) is 44.5 Å². The minimum atomic E-state index is -0.224. The van der Waals surface area contributed by atoms with Crippen molar-refractivity contribution in [3.63, 3.8) is 0 Å². The number of carbonyl (C=O) groups is 3. The van der Waals surface area contributed by atoms with Crippen LogP contribution in [-0.2, 0) is 16.0 Å². The highest BCUT2D eigenvalue weighted by atomic mass is 35.5. The first kappa shape index (κ1) is 32.0. The summed E-state index contributed by atoms with van der Waals surface area (Å²) in [6, 6.07) is 12.5. The van der Waals surface area contributed by atoms with Crippen molar-refractivity contribution in [3.05, 3.63) is 86.7 Å². The lowest BCUT2D eigenvalue weighted by molar-refractivity contribution is -0.121. The Labute approximate surface area is 259 Å². The van der Waals surface area contributed by atoms with Crippen LogP contribution in [0.1, 0.15) is 83.7 Å². The average Bonchev–Trinajstić information content (AvgIpc) is 3.45. The predicted octanol–water partition coefficient (Wildman–Crippen LogP) is 6.05. The molecule has 0 radical (unpaired) electrons. The number of aryl methyl sites for hydroxylation is 1. The van der Waals surface area contributed by atoms with Crippen molar-refractivity contribution in [2.45, 2.75) is 59.9 Å². The highest BCUT2D eigenvalue weighted by molar-refractivity contribution is 6.35. The molecule has 0 saturated carbocycles. The lowest BCUT2D eigenvalue weighted by atomic mass is 10.00.